The third kappa shape index (κ3) is 3.86. The molecule has 2 aliphatic carbocycles. The maximum atomic E-state index is 13.8. The summed E-state index contributed by atoms with van der Waals surface area (Å²) in [6, 6.07) is 6.96. The van der Waals surface area contributed by atoms with Crippen LogP contribution in [0.15, 0.2) is 30.6 Å². The van der Waals surface area contributed by atoms with Crippen molar-refractivity contribution in [1.29, 1.82) is 5.26 Å². The SMILES string of the molecule is N#Cc1ccc([C@H]2CC[C@H]([C@H]3CC[C@H](C=CF)CC3)CC2)cc1F. The molecule has 0 aromatic heterocycles. The molecular weight excluding hydrogens is 304 g/mol. The first-order valence-corrected chi connectivity index (χ1v) is 9.17. The summed E-state index contributed by atoms with van der Waals surface area (Å²) in [5.74, 6) is 2.03. The molecule has 3 heteroatoms. The van der Waals surface area contributed by atoms with Crippen LogP contribution in [-0.2, 0) is 0 Å². The Labute approximate surface area is 143 Å². The van der Waals surface area contributed by atoms with Crippen LogP contribution in [0.1, 0.15) is 68.4 Å². The first-order chi connectivity index (χ1) is 11.7. The summed E-state index contributed by atoms with van der Waals surface area (Å²) in [7, 11) is 0. The molecule has 2 fully saturated rings. The average Bonchev–Trinajstić information content (AvgIpc) is 2.63. The van der Waals surface area contributed by atoms with Crippen molar-refractivity contribution in [2.24, 2.45) is 17.8 Å². The van der Waals surface area contributed by atoms with Gasteiger partial charge in [0.1, 0.15) is 11.9 Å². The number of nitrogens with zero attached hydrogens (tertiary/aromatic N) is 1. The fourth-order valence-corrected chi connectivity index (χ4v) is 4.71. The number of hydrogen-bond acceptors (Lipinski definition) is 1. The first-order valence-electron chi connectivity index (χ1n) is 9.17. The third-order valence-corrected chi connectivity index (χ3v) is 6.18. The summed E-state index contributed by atoms with van der Waals surface area (Å²) >= 11 is 0. The van der Waals surface area contributed by atoms with Crippen molar-refractivity contribution >= 4 is 0 Å². The Hall–Kier alpha value is -1.69. The summed E-state index contributed by atoms with van der Waals surface area (Å²) in [6.45, 7) is 0. The van der Waals surface area contributed by atoms with E-state index in [0.29, 0.717) is 18.2 Å². The number of rotatable bonds is 3. The van der Waals surface area contributed by atoms with Gasteiger partial charge in [-0.2, -0.15) is 5.26 Å². The molecule has 2 saturated carbocycles. The average molecular weight is 329 g/mol. The molecule has 128 valence electrons. The molecule has 0 saturated heterocycles. The fourth-order valence-electron chi connectivity index (χ4n) is 4.71. The van der Waals surface area contributed by atoms with E-state index in [1.165, 1.54) is 25.7 Å². The summed E-state index contributed by atoms with van der Waals surface area (Å²) in [4.78, 5) is 0. The number of hydrogen-bond donors (Lipinski definition) is 0. The largest absolute Gasteiger partial charge is 0.216 e. The van der Waals surface area contributed by atoms with E-state index in [0.717, 1.165) is 43.1 Å². The van der Waals surface area contributed by atoms with Crippen LogP contribution in [0.5, 0.6) is 0 Å². The van der Waals surface area contributed by atoms with E-state index in [1.807, 2.05) is 12.1 Å². The maximum Gasteiger partial charge on any atom is 0.141 e. The topological polar surface area (TPSA) is 23.8 Å². The molecule has 2 aliphatic rings. The number of allylic oxidation sites excluding steroid dienone is 1. The molecule has 0 amide bonds. The van der Waals surface area contributed by atoms with Crippen molar-refractivity contribution in [3.63, 3.8) is 0 Å². The molecule has 0 radical (unpaired) electrons. The summed E-state index contributed by atoms with van der Waals surface area (Å²) < 4.78 is 26.1. The zero-order valence-corrected chi connectivity index (χ0v) is 14.1. The lowest BCUT2D eigenvalue weighted by Gasteiger charge is -2.37. The lowest BCUT2D eigenvalue weighted by atomic mass is 9.68. The van der Waals surface area contributed by atoms with E-state index in [1.54, 1.807) is 18.2 Å². The fraction of sp³-hybridized carbons (Fsp3) is 0.571. The molecule has 1 aromatic carbocycles. The summed E-state index contributed by atoms with van der Waals surface area (Å²) in [5.41, 5.74) is 1.17. The molecule has 3 rings (SSSR count). The Balaban J connectivity index is 1.53. The molecule has 24 heavy (non-hydrogen) atoms. The van der Waals surface area contributed by atoms with Gasteiger partial charge < -0.3 is 0 Å². The van der Waals surface area contributed by atoms with Crippen LogP contribution in [0.2, 0.25) is 0 Å². The number of nitriles is 1. The third-order valence-electron chi connectivity index (χ3n) is 6.18. The van der Waals surface area contributed by atoms with E-state index >= 15 is 0 Å². The quantitative estimate of drug-likeness (QED) is 0.642. The highest BCUT2D eigenvalue weighted by Crippen LogP contribution is 2.44. The Bertz CT molecular complexity index is 615. The minimum atomic E-state index is -0.392. The van der Waals surface area contributed by atoms with Gasteiger partial charge in [-0.3, -0.25) is 0 Å². The van der Waals surface area contributed by atoms with Gasteiger partial charge in [-0.1, -0.05) is 12.1 Å². The Morgan fingerprint density at radius 2 is 1.58 bits per heavy atom. The van der Waals surface area contributed by atoms with Crippen molar-refractivity contribution in [3.8, 4) is 6.07 Å². The molecule has 1 nitrogen and oxygen atoms in total. The second-order valence-electron chi connectivity index (χ2n) is 7.46. The van der Waals surface area contributed by atoms with E-state index in [4.69, 9.17) is 5.26 Å². The molecule has 0 unspecified atom stereocenters. The zero-order chi connectivity index (χ0) is 16.9. The van der Waals surface area contributed by atoms with Crippen LogP contribution in [0, 0.1) is 34.9 Å². The number of benzene rings is 1. The van der Waals surface area contributed by atoms with Crippen molar-refractivity contribution in [1.82, 2.24) is 0 Å². The normalized spacial score (nSPS) is 31.0. The molecule has 0 heterocycles. The van der Waals surface area contributed by atoms with E-state index in [2.05, 4.69) is 0 Å². The molecule has 0 aliphatic heterocycles. The van der Waals surface area contributed by atoms with Crippen LogP contribution < -0.4 is 0 Å². The second-order valence-corrected chi connectivity index (χ2v) is 7.46. The lowest BCUT2D eigenvalue weighted by Crippen LogP contribution is -2.25. The lowest BCUT2D eigenvalue weighted by molar-refractivity contribution is 0.171. The highest BCUT2D eigenvalue weighted by atomic mass is 19.1. The molecule has 0 atom stereocenters. The van der Waals surface area contributed by atoms with Gasteiger partial charge in [-0.25, -0.2) is 8.78 Å². The monoisotopic (exact) mass is 329 g/mol. The first kappa shape index (κ1) is 17.1. The molecule has 0 bridgehead atoms. The van der Waals surface area contributed by atoms with Crippen LogP contribution in [0.3, 0.4) is 0 Å². The van der Waals surface area contributed by atoms with Gasteiger partial charge in [0.05, 0.1) is 11.9 Å². The van der Waals surface area contributed by atoms with Crippen molar-refractivity contribution in [2.75, 3.05) is 0 Å². The summed E-state index contributed by atoms with van der Waals surface area (Å²) in [6.07, 6.45) is 11.7. The maximum absolute atomic E-state index is 13.8. The van der Waals surface area contributed by atoms with Gasteiger partial charge in [0.15, 0.2) is 0 Å². The standard InChI is InChI=1S/C21H25F2N/c22-12-11-15-1-3-16(4-2-15)17-5-7-18(8-6-17)19-9-10-20(14-24)21(23)13-19/h9-13,15-18H,1-8H2/t15-,16-,17-,18-. The minimum Gasteiger partial charge on any atom is -0.216 e. The number of halogens is 2. The van der Waals surface area contributed by atoms with Gasteiger partial charge in [0, 0.05) is 0 Å². The molecule has 1 aromatic rings. The van der Waals surface area contributed by atoms with Crippen molar-refractivity contribution < 1.29 is 8.78 Å². The van der Waals surface area contributed by atoms with Crippen LogP contribution >= 0.6 is 0 Å². The van der Waals surface area contributed by atoms with Crippen LogP contribution in [-0.4, -0.2) is 0 Å². The Kier molecular flexibility index (Phi) is 5.66. The highest BCUT2D eigenvalue weighted by molar-refractivity contribution is 5.34. The summed E-state index contributed by atoms with van der Waals surface area (Å²) in [5, 5.41) is 8.84. The Morgan fingerprint density at radius 1 is 0.958 bits per heavy atom. The van der Waals surface area contributed by atoms with Crippen molar-refractivity contribution in [3.05, 3.63) is 47.5 Å². The van der Waals surface area contributed by atoms with Gasteiger partial charge in [-0.05, 0) is 92.7 Å². The van der Waals surface area contributed by atoms with Gasteiger partial charge in [0.25, 0.3) is 0 Å². The van der Waals surface area contributed by atoms with Gasteiger partial charge in [-0.15, -0.1) is 0 Å². The molecule has 0 spiro atoms. The predicted molar refractivity (Wildman–Crippen MR) is 91.5 cm³/mol. The predicted octanol–water partition coefficient (Wildman–Crippen LogP) is 6.26. The highest BCUT2D eigenvalue weighted by Gasteiger charge is 2.31. The minimum absolute atomic E-state index is 0.131. The second kappa shape index (κ2) is 7.92. The van der Waals surface area contributed by atoms with Crippen molar-refractivity contribution in [2.45, 2.75) is 57.3 Å². The zero-order valence-electron chi connectivity index (χ0n) is 14.1. The molecular formula is C21H25F2N. The van der Waals surface area contributed by atoms with Gasteiger partial charge >= 0.3 is 0 Å². The van der Waals surface area contributed by atoms with E-state index < -0.39 is 5.82 Å². The van der Waals surface area contributed by atoms with Crippen LogP contribution in [0.4, 0.5) is 8.78 Å². The van der Waals surface area contributed by atoms with Crippen LogP contribution in [0.25, 0.3) is 0 Å². The van der Waals surface area contributed by atoms with E-state index in [-0.39, 0.29) is 5.56 Å². The van der Waals surface area contributed by atoms with E-state index in [9.17, 15) is 8.78 Å². The molecule has 0 N–H and O–H groups in total. The Morgan fingerprint density at radius 3 is 2.12 bits per heavy atom. The smallest absolute Gasteiger partial charge is 0.141 e. The van der Waals surface area contributed by atoms with Gasteiger partial charge in [0.2, 0.25) is 0 Å².